The molecule has 2 aromatic rings. The lowest BCUT2D eigenvalue weighted by Crippen LogP contribution is -2.46. The highest BCUT2D eigenvalue weighted by Crippen LogP contribution is 2.40. The summed E-state index contributed by atoms with van der Waals surface area (Å²) in [5, 5.41) is 11.9. The van der Waals surface area contributed by atoms with Crippen LogP contribution < -0.4 is 15.7 Å². The lowest BCUT2D eigenvalue weighted by Gasteiger charge is -2.20. The third kappa shape index (κ3) is 1.04. The van der Waals surface area contributed by atoms with Gasteiger partial charge in [0.25, 0.3) is 0 Å². The van der Waals surface area contributed by atoms with Crippen molar-refractivity contribution in [3.63, 3.8) is 0 Å². The van der Waals surface area contributed by atoms with Gasteiger partial charge in [-0.25, -0.2) is 5.06 Å². The number of pyridine rings is 1. The van der Waals surface area contributed by atoms with E-state index in [1.807, 2.05) is 36.2 Å². The monoisotopic (exact) mass is 216 g/mol. The van der Waals surface area contributed by atoms with Gasteiger partial charge in [0.2, 0.25) is 0 Å². The van der Waals surface area contributed by atoms with Gasteiger partial charge in [-0.3, -0.25) is 15.9 Å². The maximum Gasteiger partial charge on any atom is 0.179 e. The van der Waals surface area contributed by atoms with Crippen molar-refractivity contribution < 1.29 is 5.21 Å². The Morgan fingerprint density at radius 3 is 3.00 bits per heavy atom. The zero-order valence-electron chi connectivity index (χ0n) is 8.83. The summed E-state index contributed by atoms with van der Waals surface area (Å²) in [6.45, 7) is 0. The molecule has 3 rings (SSSR count). The van der Waals surface area contributed by atoms with E-state index in [1.165, 1.54) is 0 Å². The SMILES string of the molecule is CN1c2ccc3ncccc3c2N(O)C1N. The quantitative estimate of drug-likeness (QED) is 0.691. The molecular formula is C11H12N4O. The van der Waals surface area contributed by atoms with Gasteiger partial charge in [-0.1, -0.05) is 0 Å². The van der Waals surface area contributed by atoms with Gasteiger partial charge < -0.3 is 4.90 Å². The molecule has 0 amide bonds. The molecule has 1 aromatic heterocycles. The van der Waals surface area contributed by atoms with Crippen LogP contribution in [-0.4, -0.2) is 23.5 Å². The summed E-state index contributed by atoms with van der Waals surface area (Å²) in [4.78, 5) is 6.07. The van der Waals surface area contributed by atoms with Crippen molar-refractivity contribution in [3.05, 3.63) is 30.5 Å². The number of hydrogen-bond donors (Lipinski definition) is 2. The number of hydroxylamine groups is 1. The summed E-state index contributed by atoms with van der Waals surface area (Å²) in [7, 11) is 1.85. The van der Waals surface area contributed by atoms with Gasteiger partial charge in [-0.2, -0.15) is 0 Å². The first kappa shape index (κ1) is 9.38. The van der Waals surface area contributed by atoms with E-state index in [9.17, 15) is 5.21 Å². The highest BCUT2D eigenvalue weighted by atomic mass is 16.5. The minimum absolute atomic E-state index is 0.541. The Kier molecular flexibility index (Phi) is 1.80. The fourth-order valence-electron chi connectivity index (χ4n) is 2.09. The van der Waals surface area contributed by atoms with Crippen LogP contribution in [0, 0.1) is 0 Å². The molecule has 82 valence electrons. The van der Waals surface area contributed by atoms with Crippen LogP contribution in [0.3, 0.4) is 0 Å². The summed E-state index contributed by atoms with van der Waals surface area (Å²) in [6, 6.07) is 7.62. The first-order chi connectivity index (χ1) is 7.70. The Balaban J connectivity index is 2.36. The van der Waals surface area contributed by atoms with Gasteiger partial charge in [0.05, 0.1) is 11.2 Å². The molecule has 0 bridgehead atoms. The highest BCUT2D eigenvalue weighted by molar-refractivity contribution is 6.00. The summed E-state index contributed by atoms with van der Waals surface area (Å²) in [5.74, 6) is 0. The minimum Gasteiger partial charge on any atom is -0.339 e. The molecule has 3 N–H and O–H groups in total. The summed E-state index contributed by atoms with van der Waals surface area (Å²) >= 11 is 0. The number of hydrogen-bond acceptors (Lipinski definition) is 5. The van der Waals surface area contributed by atoms with Crippen LogP contribution in [0.1, 0.15) is 0 Å². The van der Waals surface area contributed by atoms with Crippen LogP contribution in [0.15, 0.2) is 30.5 Å². The second kappa shape index (κ2) is 3.07. The molecule has 0 saturated heterocycles. The lowest BCUT2D eigenvalue weighted by molar-refractivity contribution is 0.227. The molecule has 1 atom stereocenters. The van der Waals surface area contributed by atoms with Crippen LogP contribution in [0.5, 0.6) is 0 Å². The van der Waals surface area contributed by atoms with Crippen molar-refractivity contribution in [1.82, 2.24) is 4.98 Å². The molecule has 1 aromatic carbocycles. The fraction of sp³-hybridized carbons (Fsp3) is 0.182. The number of nitrogens with zero attached hydrogens (tertiary/aromatic N) is 3. The van der Waals surface area contributed by atoms with Crippen LogP contribution in [-0.2, 0) is 0 Å². The van der Waals surface area contributed by atoms with E-state index < -0.39 is 6.29 Å². The molecule has 1 aliphatic rings. The van der Waals surface area contributed by atoms with Crippen LogP contribution in [0.2, 0.25) is 0 Å². The van der Waals surface area contributed by atoms with E-state index >= 15 is 0 Å². The smallest absolute Gasteiger partial charge is 0.179 e. The minimum atomic E-state index is -0.541. The second-order valence-electron chi connectivity index (χ2n) is 3.87. The van der Waals surface area contributed by atoms with E-state index in [2.05, 4.69) is 4.98 Å². The average Bonchev–Trinajstić information content (AvgIpc) is 2.55. The zero-order chi connectivity index (χ0) is 11.3. The molecule has 2 heterocycles. The van der Waals surface area contributed by atoms with Gasteiger partial charge >= 0.3 is 0 Å². The Morgan fingerprint density at radius 2 is 2.19 bits per heavy atom. The number of nitrogens with two attached hydrogens (primary N) is 1. The van der Waals surface area contributed by atoms with Crippen molar-refractivity contribution in [2.75, 3.05) is 17.0 Å². The van der Waals surface area contributed by atoms with Gasteiger partial charge in [0, 0.05) is 18.6 Å². The Bertz CT molecular complexity index is 557. The lowest BCUT2D eigenvalue weighted by atomic mass is 10.1. The van der Waals surface area contributed by atoms with Crippen molar-refractivity contribution in [2.24, 2.45) is 5.73 Å². The van der Waals surface area contributed by atoms with Crippen molar-refractivity contribution in [1.29, 1.82) is 0 Å². The third-order valence-corrected chi connectivity index (χ3v) is 2.99. The molecule has 0 radical (unpaired) electrons. The van der Waals surface area contributed by atoms with E-state index in [-0.39, 0.29) is 0 Å². The summed E-state index contributed by atoms with van der Waals surface area (Å²) < 4.78 is 0. The third-order valence-electron chi connectivity index (χ3n) is 2.99. The van der Waals surface area contributed by atoms with Crippen molar-refractivity contribution >= 4 is 22.3 Å². The van der Waals surface area contributed by atoms with Gasteiger partial charge in [-0.05, 0) is 24.3 Å². The van der Waals surface area contributed by atoms with Crippen LogP contribution in [0.4, 0.5) is 11.4 Å². The number of rotatable bonds is 0. The van der Waals surface area contributed by atoms with Gasteiger partial charge in [0.1, 0.15) is 5.69 Å². The predicted octanol–water partition coefficient (Wildman–Crippen LogP) is 1.12. The standard InChI is InChI=1S/C11H12N4O/c1-14-9-5-4-8-7(3-2-6-13-8)10(9)15(16)11(14)12/h2-6,11,16H,12H2,1H3. The van der Waals surface area contributed by atoms with E-state index in [1.54, 1.807) is 6.20 Å². The highest BCUT2D eigenvalue weighted by Gasteiger charge is 2.31. The van der Waals surface area contributed by atoms with E-state index in [0.717, 1.165) is 27.3 Å². The predicted molar refractivity (Wildman–Crippen MR) is 62.4 cm³/mol. The van der Waals surface area contributed by atoms with Crippen molar-refractivity contribution in [3.8, 4) is 0 Å². The van der Waals surface area contributed by atoms with Gasteiger partial charge in [-0.15, -0.1) is 0 Å². The molecule has 0 aliphatic carbocycles. The molecule has 5 heteroatoms. The number of anilines is 2. The Labute approximate surface area is 92.7 Å². The Hall–Kier alpha value is -1.85. The maximum absolute atomic E-state index is 9.96. The molecular weight excluding hydrogens is 204 g/mol. The van der Waals surface area contributed by atoms with Crippen molar-refractivity contribution in [2.45, 2.75) is 6.29 Å². The number of aromatic nitrogens is 1. The van der Waals surface area contributed by atoms with E-state index in [4.69, 9.17) is 5.73 Å². The second-order valence-corrected chi connectivity index (χ2v) is 3.87. The largest absolute Gasteiger partial charge is 0.339 e. The zero-order valence-corrected chi connectivity index (χ0v) is 8.83. The summed E-state index contributed by atoms with van der Waals surface area (Å²) in [5.41, 5.74) is 8.33. The fourth-order valence-corrected chi connectivity index (χ4v) is 2.09. The molecule has 1 aliphatic heterocycles. The average molecular weight is 216 g/mol. The number of benzene rings is 1. The first-order valence-electron chi connectivity index (χ1n) is 5.04. The first-order valence-corrected chi connectivity index (χ1v) is 5.04. The molecule has 5 nitrogen and oxygen atoms in total. The van der Waals surface area contributed by atoms with Crippen LogP contribution >= 0.6 is 0 Å². The Morgan fingerprint density at radius 1 is 1.38 bits per heavy atom. The molecule has 1 unspecified atom stereocenters. The molecule has 0 fully saturated rings. The molecule has 0 saturated carbocycles. The summed E-state index contributed by atoms with van der Waals surface area (Å²) in [6.07, 6.45) is 1.19. The van der Waals surface area contributed by atoms with Gasteiger partial charge in [0.15, 0.2) is 6.29 Å². The number of fused-ring (bicyclic) bond motifs is 3. The normalized spacial score (nSPS) is 19.3. The molecule has 16 heavy (non-hydrogen) atoms. The van der Waals surface area contributed by atoms with E-state index in [0.29, 0.717) is 0 Å². The maximum atomic E-state index is 9.96. The van der Waals surface area contributed by atoms with Crippen LogP contribution in [0.25, 0.3) is 10.9 Å². The molecule has 0 spiro atoms. The topological polar surface area (TPSA) is 65.6 Å².